The Morgan fingerprint density at radius 1 is 0.622 bits per heavy atom. The van der Waals surface area contributed by atoms with Crippen LogP contribution in [0.15, 0.2) is 114 Å². The molecule has 0 aliphatic heterocycles. The van der Waals surface area contributed by atoms with Crippen molar-refractivity contribution in [2.24, 2.45) is 10.8 Å². The molecule has 1 aromatic carbocycles. The van der Waals surface area contributed by atoms with Crippen molar-refractivity contribution in [3.05, 3.63) is 125 Å². The van der Waals surface area contributed by atoms with Crippen molar-refractivity contribution in [3.8, 4) is 0 Å². The summed E-state index contributed by atoms with van der Waals surface area (Å²) in [6, 6.07) is 8.94. The van der Waals surface area contributed by atoms with Crippen LogP contribution in [0.5, 0.6) is 0 Å². The molecular formula is C45H72. The molecule has 0 saturated carbocycles. The predicted molar refractivity (Wildman–Crippen MR) is 211 cm³/mol. The van der Waals surface area contributed by atoms with Crippen LogP contribution < -0.4 is 0 Å². The van der Waals surface area contributed by atoms with E-state index >= 15 is 0 Å². The highest BCUT2D eigenvalue weighted by molar-refractivity contribution is 5.87. The Morgan fingerprint density at radius 3 is 1.56 bits per heavy atom. The number of fused-ring (bicyclic) bond motifs is 1. The topological polar surface area (TPSA) is 0 Å². The second kappa shape index (κ2) is 21.8. The van der Waals surface area contributed by atoms with Crippen molar-refractivity contribution < 1.29 is 0 Å². The lowest BCUT2D eigenvalue weighted by Crippen LogP contribution is -2.27. The molecule has 2 aliphatic rings. The van der Waals surface area contributed by atoms with Gasteiger partial charge in [-0.05, 0) is 103 Å². The molecule has 1 aromatic rings. The lowest BCUT2D eigenvalue weighted by Gasteiger charge is -2.37. The maximum atomic E-state index is 4.25. The monoisotopic (exact) mass is 613 g/mol. The molecule has 0 aromatic heterocycles. The van der Waals surface area contributed by atoms with E-state index in [4.69, 9.17) is 0 Å². The van der Waals surface area contributed by atoms with Crippen molar-refractivity contribution >= 4 is 5.57 Å². The molecule has 2 atom stereocenters. The fraction of sp³-hybridized carbons (Fsp3) is 0.511. The molecule has 2 unspecified atom stereocenters. The summed E-state index contributed by atoms with van der Waals surface area (Å²) in [4.78, 5) is 0. The van der Waals surface area contributed by atoms with Gasteiger partial charge in [-0.3, -0.25) is 0 Å². The zero-order valence-electron chi connectivity index (χ0n) is 32.7. The van der Waals surface area contributed by atoms with Gasteiger partial charge in [-0.2, -0.15) is 0 Å². The minimum Gasteiger partial charge on any atom is -0.0987 e. The standard InChI is InChI=1S/C37H48.4C2H6/c1-11-18-29-30-21-16-17-22-34(30)36(9,31(29)15-5)25-23-35(7,8)24-26-37(10)32(19-12-2)27(6)28(14-4)33(37)20-13-3;4*1-2/h11-22H,4-5,23-26H2,1-3,6-10H3;4*1-2H3/b18-11-,19-12-,20-13-;;;;. The first-order valence-electron chi connectivity index (χ1n) is 18.0. The van der Waals surface area contributed by atoms with Crippen LogP contribution in [0.2, 0.25) is 0 Å². The van der Waals surface area contributed by atoms with Crippen LogP contribution in [0.25, 0.3) is 5.57 Å². The smallest absolute Gasteiger partial charge is 0.0187 e. The van der Waals surface area contributed by atoms with E-state index in [1.807, 2.05) is 55.4 Å². The Labute approximate surface area is 282 Å². The molecule has 0 amide bonds. The van der Waals surface area contributed by atoms with Gasteiger partial charge in [-0.1, -0.05) is 169 Å². The maximum Gasteiger partial charge on any atom is 0.0187 e. The van der Waals surface area contributed by atoms with Gasteiger partial charge in [-0.15, -0.1) is 0 Å². The summed E-state index contributed by atoms with van der Waals surface area (Å²) >= 11 is 0. The van der Waals surface area contributed by atoms with Crippen LogP contribution in [-0.2, 0) is 5.41 Å². The molecule has 45 heavy (non-hydrogen) atoms. The first-order chi connectivity index (χ1) is 21.5. The van der Waals surface area contributed by atoms with E-state index in [9.17, 15) is 0 Å². The summed E-state index contributed by atoms with van der Waals surface area (Å²) < 4.78 is 0. The van der Waals surface area contributed by atoms with E-state index < -0.39 is 0 Å². The number of hydrogen-bond acceptors (Lipinski definition) is 0. The minimum atomic E-state index is -0.0136. The van der Waals surface area contributed by atoms with Crippen molar-refractivity contribution in [1.29, 1.82) is 0 Å². The van der Waals surface area contributed by atoms with Gasteiger partial charge >= 0.3 is 0 Å². The first kappa shape index (κ1) is 44.3. The van der Waals surface area contributed by atoms with E-state index in [0.29, 0.717) is 0 Å². The molecular weight excluding hydrogens is 540 g/mol. The number of hydrogen-bond donors (Lipinski definition) is 0. The Kier molecular flexibility index (Phi) is 21.4. The molecule has 0 heteroatoms. The second-order valence-corrected chi connectivity index (χ2v) is 12.0. The average Bonchev–Trinajstić information content (AvgIpc) is 3.43. The number of allylic oxidation sites excluding steroid dienone is 14. The Hall–Kier alpha value is -2.86. The SMILES string of the molecule is C=CC1=C(/C=C\C)C(C)(CCC(C)(C)CCC2(C)C(C=C)=C(/C=C\C)c3ccccc32)C(/C=C\C)=C1C.CC.CC.CC.CC. The zero-order chi connectivity index (χ0) is 35.4. The largest absolute Gasteiger partial charge is 0.0987 e. The third-order valence-corrected chi connectivity index (χ3v) is 9.00. The highest BCUT2D eigenvalue weighted by Crippen LogP contribution is 2.54. The van der Waals surface area contributed by atoms with Crippen LogP contribution in [-0.4, -0.2) is 0 Å². The zero-order valence-corrected chi connectivity index (χ0v) is 32.7. The summed E-state index contributed by atoms with van der Waals surface area (Å²) in [5.41, 5.74) is 11.2. The molecule has 0 nitrogen and oxygen atoms in total. The molecule has 252 valence electrons. The van der Waals surface area contributed by atoms with Crippen molar-refractivity contribution in [2.45, 2.75) is 142 Å². The normalized spacial score (nSPS) is 20.6. The van der Waals surface area contributed by atoms with Crippen molar-refractivity contribution in [1.82, 2.24) is 0 Å². The fourth-order valence-corrected chi connectivity index (χ4v) is 6.69. The van der Waals surface area contributed by atoms with E-state index in [1.165, 1.54) is 44.6 Å². The van der Waals surface area contributed by atoms with E-state index in [-0.39, 0.29) is 16.2 Å². The van der Waals surface area contributed by atoms with Gasteiger partial charge in [0, 0.05) is 10.8 Å². The Bertz CT molecular complexity index is 1230. The molecule has 0 heterocycles. The van der Waals surface area contributed by atoms with Crippen LogP contribution in [0, 0.1) is 10.8 Å². The summed E-state index contributed by atoms with van der Waals surface area (Å²) in [6.07, 6.45) is 22.1. The van der Waals surface area contributed by atoms with Crippen molar-refractivity contribution in [2.75, 3.05) is 0 Å². The summed E-state index contributed by atoms with van der Waals surface area (Å²) in [5.74, 6) is 0. The first-order valence-corrected chi connectivity index (χ1v) is 18.0. The third kappa shape index (κ3) is 10.1. The summed E-state index contributed by atoms with van der Waals surface area (Å²) in [5, 5.41) is 0. The lowest BCUT2D eigenvalue weighted by molar-refractivity contribution is 0.241. The molecule has 0 N–H and O–H groups in total. The third-order valence-electron chi connectivity index (χ3n) is 9.00. The number of benzene rings is 1. The van der Waals surface area contributed by atoms with Crippen LogP contribution in [0.1, 0.15) is 148 Å². The fourth-order valence-electron chi connectivity index (χ4n) is 6.69. The highest BCUT2D eigenvalue weighted by Gasteiger charge is 2.42. The molecule has 3 rings (SSSR count). The molecule has 2 aliphatic carbocycles. The minimum absolute atomic E-state index is 0.000966. The highest BCUT2D eigenvalue weighted by atomic mass is 14.5. The second-order valence-electron chi connectivity index (χ2n) is 12.0. The summed E-state index contributed by atoms with van der Waals surface area (Å²) in [7, 11) is 0. The van der Waals surface area contributed by atoms with Gasteiger partial charge in [0.25, 0.3) is 0 Å². The predicted octanol–water partition coefficient (Wildman–Crippen LogP) is 15.1. The molecule has 0 fully saturated rings. The van der Waals surface area contributed by atoms with Gasteiger partial charge in [0.1, 0.15) is 0 Å². The van der Waals surface area contributed by atoms with Crippen LogP contribution in [0.3, 0.4) is 0 Å². The Balaban J connectivity index is 0. The molecule has 0 spiro atoms. The van der Waals surface area contributed by atoms with E-state index in [2.05, 4.69) is 141 Å². The number of rotatable bonds is 11. The Morgan fingerprint density at radius 2 is 1.09 bits per heavy atom. The van der Waals surface area contributed by atoms with Gasteiger partial charge in [0.2, 0.25) is 0 Å². The summed E-state index contributed by atoms with van der Waals surface area (Å²) in [6.45, 7) is 42.8. The van der Waals surface area contributed by atoms with E-state index in [0.717, 1.165) is 25.7 Å². The van der Waals surface area contributed by atoms with Gasteiger partial charge in [-0.25, -0.2) is 0 Å². The average molecular weight is 613 g/mol. The maximum absolute atomic E-state index is 4.25. The molecule has 0 radical (unpaired) electrons. The van der Waals surface area contributed by atoms with Crippen LogP contribution in [0.4, 0.5) is 0 Å². The van der Waals surface area contributed by atoms with Gasteiger partial charge in [0.15, 0.2) is 0 Å². The quantitative estimate of drug-likeness (QED) is 0.233. The van der Waals surface area contributed by atoms with Crippen molar-refractivity contribution in [3.63, 3.8) is 0 Å². The molecule has 0 saturated heterocycles. The lowest BCUT2D eigenvalue weighted by atomic mass is 9.67. The van der Waals surface area contributed by atoms with Gasteiger partial charge < -0.3 is 0 Å². The van der Waals surface area contributed by atoms with Gasteiger partial charge in [0.05, 0.1) is 0 Å². The molecule has 0 bridgehead atoms. The van der Waals surface area contributed by atoms with Crippen LogP contribution >= 0.6 is 0 Å². The van der Waals surface area contributed by atoms with E-state index in [1.54, 1.807) is 0 Å².